The van der Waals surface area contributed by atoms with Gasteiger partial charge >= 0.3 is 0 Å². The Morgan fingerprint density at radius 1 is 0.846 bits per heavy atom. The van der Waals surface area contributed by atoms with Gasteiger partial charge in [0.25, 0.3) is 0 Å². The lowest BCUT2D eigenvalue weighted by Crippen LogP contribution is -2.47. The minimum atomic E-state index is 0.761. The van der Waals surface area contributed by atoms with Crippen molar-refractivity contribution >= 4 is 0 Å². The zero-order valence-electron chi connectivity index (χ0n) is 8.52. The van der Waals surface area contributed by atoms with Gasteiger partial charge in [0.05, 0.1) is 0 Å². The van der Waals surface area contributed by atoms with E-state index in [0.29, 0.717) is 0 Å². The number of hydrogen-bond acceptors (Lipinski definition) is 2. The monoisotopic (exact) mass is 182 g/mol. The van der Waals surface area contributed by atoms with Gasteiger partial charge < -0.3 is 10.6 Å². The zero-order valence-corrected chi connectivity index (χ0v) is 8.52. The van der Waals surface area contributed by atoms with Crippen LogP contribution in [-0.4, -0.2) is 25.2 Å². The van der Waals surface area contributed by atoms with Crippen LogP contribution in [0.2, 0.25) is 0 Å². The normalized spacial score (nSPS) is 31.8. The Bertz CT molecular complexity index is 119. The van der Waals surface area contributed by atoms with Crippen LogP contribution in [0.1, 0.15) is 44.9 Å². The van der Waals surface area contributed by atoms with Gasteiger partial charge in [-0.3, -0.25) is 0 Å². The van der Waals surface area contributed by atoms with E-state index in [9.17, 15) is 0 Å². The van der Waals surface area contributed by atoms with E-state index in [4.69, 9.17) is 0 Å². The summed E-state index contributed by atoms with van der Waals surface area (Å²) in [4.78, 5) is 0. The van der Waals surface area contributed by atoms with Crippen molar-refractivity contribution in [3.8, 4) is 0 Å². The lowest BCUT2D eigenvalue weighted by Gasteiger charge is -2.31. The van der Waals surface area contributed by atoms with Gasteiger partial charge in [-0.1, -0.05) is 19.3 Å². The Hall–Kier alpha value is -0.0800. The third-order valence-corrected chi connectivity index (χ3v) is 3.37. The van der Waals surface area contributed by atoms with Gasteiger partial charge in [-0.15, -0.1) is 0 Å². The minimum Gasteiger partial charge on any atom is -0.315 e. The van der Waals surface area contributed by atoms with Crippen molar-refractivity contribution in [3.05, 3.63) is 0 Å². The first-order chi connectivity index (χ1) is 6.45. The summed E-state index contributed by atoms with van der Waals surface area (Å²) >= 11 is 0. The van der Waals surface area contributed by atoms with Crippen LogP contribution in [0.15, 0.2) is 0 Å². The van der Waals surface area contributed by atoms with Crippen molar-refractivity contribution in [2.75, 3.05) is 13.1 Å². The predicted octanol–water partition coefficient (Wildman–Crippen LogP) is 1.66. The molecule has 76 valence electrons. The molecule has 1 aliphatic heterocycles. The smallest absolute Gasteiger partial charge is 0.0195 e. The molecule has 0 aromatic rings. The number of nitrogens with one attached hydrogen (secondary N) is 2. The van der Waals surface area contributed by atoms with E-state index in [1.54, 1.807) is 0 Å². The largest absolute Gasteiger partial charge is 0.315 e. The van der Waals surface area contributed by atoms with Crippen LogP contribution in [0.25, 0.3) is 0 Å². The second kappa shape index (κ2) is 4.97. The molecule has 0 amide bonds. The molecule has 1 aliphatic carbocycles. The summed E-state index contributed by atoms with van der Waals surface area (Å²) in [5.41, 5.74) is 0. The lowest BCUT2D eigenvalue weighted by molar-refractivity contribution is 0.300. The van der Waals surface area contributed by atoms with E-state index >= 15 is 0 Å². The van der Waals surface area contributed by atoms with Crippen LogP contribution in [0.4, 0.5) is 0 Å². The molecule has 0 radical (unpaired) electrons. The molecule has 13 heavy (non-hydrogen) atoms. The van der Waals surface area contributed by atoms with Crippen LogP contribution in [0, 0.1) is 0 Å². The summed E-state index contributed by atoms with van der Waals surface area (Å²) in [5.74, 6) is 0. The van der Waals surface area contributed by atoms with Crippen molar-refractivity contribution in [1.82, 2.24) is 10.6 Å². The molecule has 1 atom stereocenters. The molecule has 2 N–H and O–H groups in total. The van der Waals surface area contributed by atoms with E-state index in [-0.39, 0.29) is 0 Å². The molecule has 2 rings (SSSR count). The highest BCUT2D eigenvalue weighted by Crippen LogP contribution is 2.18. The van der Waals surface area contributed by atoms with Crippen molar-refractivity contribution in [1.29, 1.82) is 0 Å². The average Bonchev–Trinajstić information content (AvgIpc) is 2.21. The maximum Gasteiger partial charge on any atom is 0.0195 e. The lowest BCUT2D eigenvalue weighted by atomic mass is 9.94. The Balaban J connectivity index is 1.69. The van der Waals surface area contributed by atoms with Gasteiger partial charge in [0.15, 0.2) is 0 Å². The predicted molar refractivity (Wildman–Crippen MR) is 55.9 cm³/mol. The van der Waals surface area contributed by atoms with Crippen molar-refractivity contribution in [2.24, 2.45) is 0 Å². The molecule has 2 fully saturated rings. The second-order valence-corrected chi connectivity index (χ2v) is 4.54. The topological polar surface area (TPSA) is 24.1 Å². The third-order valence-electron chi connectivity index (χ3n) is 3.37. The van der Waals surface area contributed by atoms with Crippen LogP contribution < -0.4 is 10.6 Å². The summed E-state index contributed by atoms with van der Waals surface area (Å²) < 4.78 is 0. The molecule has 0 aromatic carbocycles. The van der Waals surface area contributed by atoms with E-state index in [1.807, 2.05) is 0 Å². The minimum absolute atomic E-state index is 0.761. The summed E-state index contributed by atoms with van der Waals surface area (Å²) in [6.45, 7) is 2.42. The summed E-state index contributed by atoms with van der Waals surface area (Å²) in [6.07, 6.45) is 9.90. The SMILES string of the molecule is C1CCC(NC2CCCNC2)CC1. The number of hydrogen-bond donors (Lipinski definition) is 2. The fraction of sp³-hybridized carbons (Fsp3) is 1.00. The van der Waals surface area contributed by atoms with Crippen LogP contribution in [0.5, 0.6) is 0 Å². The van der Waals surface area contributed by atoms with Gasteiger partial charge in [0.2, 0.25) is 0 Å². The maximum absolute atomic E-state index is 3.80. The van der Waals surface area contributed by atoms with E-state index < -0.39 is 0 Å². The fourth-order valence-electron chi connectivity index (χ4n) is 2.60. The van der Waals surface area contributed by atoms with E-state index in [0.717, 1.165) is 12.1 Å². The molecule has 1 heterocycles. The molecular formula is C11H22N2. The van der Waals surface area contributed by atoms with Crippen LogP contribution >= 0.6 is 0 Å². The van der Waals surface area contributed by atoms with Gasteiger partial charge in [0, 0.05) is 18.6 Å². The summed E-state index contributed by atoms with van der Waals surface area (Å²) in [5, 5.41) is 7.26. The molecular weight excluding hydrogens is 160 g/mol. The Labute approximate surface area is 81.5 Å². The van der Waals surface area contributed by atoms with Crippen LogP contribution in [-0.2, 0) is 0 Å². The number of piperidine rings is 1. The third kappa shape index (κ3) is 2.96. The second-order valence-electron chi connectivity index (χ2n) is 4.54. The summed E-state index contributed by atoms with van der Waals surface area (Å²) in [6, 6.07) is 1.59. The molecule has 1 unspecified atom stereocenters. The van der Waals surface area contributed by atoms with Crippen LogP contribution in [0.3, 0.4) is 0 Å². The number of rotatable bonds is 2. The average molecular weight is 182 g/mol. The molecule has 2 aliphatic rings. The van der Waals surface area contributed by atoms with Gasteiger partial charge in [-0.05, 0) is 32.2 Å². The van der Waals surface area contributed by atoms with Crippen molar-refractivity contribution in [3.63, 3.8) is 0 Å². The van der Waals surface area contributed by atoms with Gasteiger partial charge in [-0.25, -0.2) is 0 Å². The maximum atomic E-state index is 3.80. The molecule has 2 heteroatoms. The molecule has 2 nitrogen and oxygen atoms in total. The van der Waals surface area contributed by atoms with Crippen molar-refractivity contribution < 1.29 is 0 Å². The van der Waals surface area contributed by atoms with Crippen molar-refractivity contribution in [2.45, 2.75) is 57.0 Å². The van der Waals surface area contributed by atoms with Gasteiger partial charge in [-0.2, -0.15) is 0 Å². The molecule has 0 aromatic heterocycles. The highest BCUT2D eigenvalue weighted by Gasteiger charge is 2.18. The van der Waals surface area contributed by atoms with E-state index in [2.05, 4.69) is 10.6 Å². The first kappa shape index (κ1) is 9.47. The summed E-state index contributed by atoms with van der Waals surface area (Å²) in [7, 11) is 0. The fourth-order valence-corrected chi connectivity index (χ4v) is 2.60. The first-order valence-corrected chi connectivity index (χ1v) is 5.92. The molecule has 0 bridgehead atoms. The Morgan fingerprint density at radius 2 is 1.62 bits per heavy atom. The zero-order chi connectivity index (χ0) is 8.93. The highest BCUT2D eigenvalue weighted by molar-refractivity contribution is 4.81. The van der Waals surface area contributed by atoms with Gasteiger partial charge in [0.1, 0.15) is 0 Å². The first-order valence-electron chi connectivity index (χ1n) is 5.92. The van der Waals surface area contributed by atoms with E-state index in [1.165, 1.54) is 58.0 Å². The molecule has 1 saturated heterocycles. The molecule has 0 spiro atoms. The standard InChI is InChI=1S/C11H22N2/c1-2-5-10(6-3-1)13-11-7-4-8-12-9-11/h10-13H,1-9H2. The Kier molecular flexibility index (Phi) is 3.62. The molecule has 1 saturated carbocycles. The quantitative estimate of drug-likeness (QED) is 0.678. The highest BCUT2D eigenvalue weighted by atomic mass is 15.0. The Morgan fingerprint density at radius 3 is 2.31 bits per heavy atom.